The fourth-order valence-corrected chi connectivity index (χ4v) is 4.18. The van der Waals surface area contributed by atoms with E-state index in [0.717, 1.165) is 42.8 Å². The van der Waals surface area contributed by atoms with E-state index >= 15 is 0 Å². The van der Waals surface area contributed by atoms with Gasteiger partial charge in [-0.2, -0.15) is 18.4 Å². The van der Waals surface area contributed by atoms with Crippen LogP contribution in [0.4, 0.5) is 18.3 Å². The maximum atomic E-state index is 12.5. The molecule has 3 rings (SSSR count). The van der Waals surface area contributed by atoms with E-state index in [1.807, 2.05) is 0 Å². The van der Waals surface area contributed by atoms with Gasteiger partial charge in [-0.3, -0.25) is 4.99 Å². The van der Waals surface area contributed by atoms with Gasteiger partial charge >= 0.3 is 6.18 Å². The number of halogens is 3. The average Bonchev–Trinajstić information content (AvgIpc) is 3.16. The molecule has 1 saturated heterocycles. The first-order chi connectivity index (χ1) is 14.3. The van der Waals surface area contributed by atoms with Crippen molar-refractivity contribution in [2.45, 2.75) is 25.1 Å². The lowest BCUT2D eigenvalue weighted by Gasteiger charge is -2.29. The predicted octanol–water partition coefficient (Wildman–Crippen LogP) is 3.54. The van der Waals surface area contributed by atoms with E-state index in [0.29, 0.717) is 21.7 Å². The molecule has 0 bridgehead atoms. The van der Waals surface area contributed by atoms with Crippen LogP contribution in [0.2, 0.25) is 0 Å². The smallest absolute Gasteiger partial charge is 0.404 e. The van der Waals surface area contributed by atoms with Gasteiger partial charge in [0.15, 0.2) is 5.13 Å². The highest BCUT2D eigenvalue weighted by molar-refractivity contribution is 7.17. The topological polar surface area (TPSA) is 104 Å². The summed E-state index contributed by atoms with van der Waals surface area (Å²) in [4.78, 5) is 11.0. The number of hydrogen-bond donors (Lipinski definition) is 2. The van der Waals surface area contributed by atoms with Crippen LogP contribution in [0, 0.1) is 11.3 Å². The maximum Gasteiger partial charge on any atom is 0.407 e. The largest absolute Gasteiger partial charge is 0.407 e. The summed E-state index contributed by atoms with van der Waals surface area (Å²) in [7, 11) is 0. The van der Waals surface area contributed by atoms with Crippen LogP contribution >= 0.6 is 11.3 Å². The molecule has 30 heavy (non-hydrogen) atoms. The van der Waals surface area contributed by atoms with Crippen LogP contribution in [0.5, 0.6) is 0 Å². The standard InChI is InChI=1S/C20H21F3N6S/c21-20(22,23)12-27-11-15(10-25)18-17(14-3-1-13(9-24)2-4-14)28-19(30-18)29-7-5-16(26)6-8-29/h1-4,10-11,16H,5-8,12,25-26H2. The van der Waals surface area contributed by atoms with Gasteiger partial charge in [0, 0.05) is 42.7 Å². The van der Waals surface area contributed by atoms with Crippen LogP contribution < -0.4 is 16.4 Å². The second-order valence-corrected chi connectivity index (χ2v) is 7.87. The van der Waals surface area contributed by atoms with Crippen LogP contribution in [0.15, 0.2) is 35.5 Å². The molecule has 1 aliphatic heterocycles. The molecule has 0 spiro atoms. The molecule has 1 aromatic heterocycles. The summed E-state index contributed by atoms with van der Waals surface area (Å²) in [6, 6.07) is 9.07. The fourth-order valence-electron chi connectivity index (χ4n) is 3.05. The molecule has 0 aliphatic carbocycles. The summed E-state index contributed by atoms with van der Waals surface area (Å²) in [6.07, 6.45) is -0.348. The Labute approximate surface area is 176 Å². The first-order valence-corrected chi connectivity index (χ1v) is 10.1. The molecule has 1 aromatic carbocycles. The molecule has 0 radical (unpaired) electrons. The van der Waals surface area contributed by atoms with E-state index in [1.165, 1.54) is 17.5 Å². The van der Waals surface area contributed by atoms with Crippen molar-refractivity contribution >= 4 is 28.3 Å². The zero-order valence-electron chi connectivity index (χ0n) is 16.1. The predicted molar refractivity (Wildman–Crippen MR) is 113 cm³/mol. The number of aromatic nitrogens is 1. The van der Waals surface area contributed by atoms with Crippen LogP contribution in [-0.2, 0) is 0 Å². The van der Waals surface area contributed by atoms with Gasteiger partial charge in [-0.25, -0.2) is 4.98 Å². The highest BCUT2D eigenvalue weighted by atomic mass is 32.1. The number of rotatable bonds is 5. The van der Waals surface area contributed by atoms with E-state index in [9.17, 15) is 13.2 Å². The number of thiazole rings is 1. The molecule has 2 heterocycles. The second kappa shape index (κ2) is 9.28. The number of nitrogens with two attached hydrogens (primary N) is 2. The first-order valence-electron chi connectivity index (χ1n) is 9.31. The fraction of sp³-hybridized carbons (Fsp3) is 0.350. The summed E-state index contributed by atoms with van der Waals surface area (Å²) < 4.78 is 37.5. The van der Waals surface area contributed by atoms with Crippen molar-refractivity contribution in [3.8, 4) is 17.3 Å². The van der Waals surface area contributed by atoms with Gasteiger partial charge in [0.2, 0.25) is 0 Å². The van der Waals surface area contributed by atoms with E-state index in [4.69, 9.17) is 21.7 Å². The molecule has 6 nitrogen and oxygen atoms in total. The molecule has 0 saturated carbocycles. The number of anilines is 1. The number of piperidine rings is 1. The number of nitriles is 1. The number of hydrogen-bond acceptors (Lipinski definition) is 7. The van der Waals surface area contributed by atoms with Crippen LogP contribution in [0.3, 0.4) is 0 Å². The molecule has 2 aromatic rings. The Morgan fingerprint density at radius 3 is 2.53 bits per heavy atom. The highest BCUT2D eigenvalue weighted by Gasteiger charge is 2.26. The Balaban J connectivity index is 1.99. The molecule has 4 N–H and O–H groups in total. The molecule has 0 atom stereocenters. The van der Waals surface area contributed by atoms with E-state index in [2.05, 4.69) is 16.0 Å². The quantitative estimate of drug-likeness (QED) is 0.701. The van der Waals surface area contributed by atoms with Crippen molar-refractivity contribution in [1.82, 2.24) is 4.98 Å². The van der Waals surface area contributed by atoms with Crippen LogP contribution in [-0.4, -0.2) is 43.1 Å². The Hall–Kier alpha value is -2.90. The molecule has 0 unspecified atom stereocenters. The van der Waals surface area contributed by atoms with Crippen LogP contribution in [0.1, 0.15) is 23.3 Å². The van der Waals surface area contributed by atoms with Crippen LogP contribution in [0.25, 0.3) is 16.8 Å². The Bertz CT molecular complexity index is 964. The highest BCUT2D eigenvalue weighted by Crippen LogP contribution is 2.38. The third-order valence-corrected chi connectivity index (χ3v) is 5.82. The van der Waals surface area contributed by atoms with E-state index in [-0.39, 0.29) is 6.04 Å². The number of benzene rings is 1. The number of nitrogens with zero attached hydrogens (tertiary/aromatic N) is 4. The maximum absolute atomic E-state index is 12.5. The van der Waals surface area contributed by atoms with Crippen molar-refractivity contribution in [2.24, 2.45) is 16.5 Å². The average molecular weight is 434 g/mol. The van der Waals surface area contributed by atoms with Crippen molar-refractivity contribution in [2.75, 3.05) is 24.5 Å². The normalized spacial score (nSPS) is 16.2. The second-order valence-electron chi connectivity index (χ2n) is 6.89. The summed E-state index contributed by atoms with van der Waals surface area (Å²) in [6.45, 7) is 0.224. The SMILES string of the molecule is N#Cc1ccc(-c2nc(N3CCC(N)CC3)sc2C(C=NCC(F)(F)F)=CN)cc1. The lowest BCUT2D eigenvalue weighted by atomic mass is 10.1. The Morgan fingerprint density at radius 1 is 1.30 bits per heavy atom. The first kappa shape index (κ1) is 21.8. The minimum Gasteiger partial charge on any atom is -0.404 e. The number of aliphatic imine (C=N–C) groups is 1. The lowest BCUT2D eigenvalue weighted by molar-refractivity contribution is -0.118. The van der Waals surface area contributed by atoms with Crippen molar-refractivity contribution in [3.05, 3.63) is 40.9 Å². The van der Waals surface area contributed by atoms with Crippen molar-refractivity contribution in [1.29, 1.82) is 5.26 Å². The lowest BCUT2D eigenvalue weighted by Crippen LogP contribution is -2.39. The summed E-state index contributed by atoms with van der Waals surface area (Å²) in [5, 5.41) is 9.77. The zero-order chi connectivity index (χ0) is 21.7. The van der Waals surface area contributed by atoms with Gasteiger partial charge in [0.05, 0.1) is 22.2 Å². The van der Waals surface area contributed by atoms with Gasteiger partial charge in [-0.1, -0.05) is 23.5 Å². The molecular formula is C20H21F3N6S. The minimum atomic E-state index is -4.39. The van der Waals surface area contributed by atoms with Gasteiger partial charge in [0.1, 0.15) is 6.54 Å². The van der Waals surface area contributed by atoms with Crippen molar-refractivity contribution < 1.29 is 13.2 Å². The molecule has 1 aliphatic rings. The van der Waals surface area contributed by atoms with Gasteiger partial charge in [-0.15, -0.1) is 0 Å². The van der Waals surface area contributed by atoms with Crippen molar-refractivity contribution in [3.63, 3.8) is 0 Å². The minimum absolute atomic E-state index is 0.160. The summed E-state index contributed by atoms with van der Waals surface area (Å²) in [5.74, 6) is 0. The Morgan fingerprint density at radius 2 is 1.97 bits per heavy atom. The van der Waals surface area contributed by atoms with E-state index < -0.39 is 12.7 Å². The van der Waals surface area contributed by atoms with Gasteiger partial charge in [0.25, 0.3) is 0 Å². The monoisotopic (exact) mass is 434 g/mol. The molecule has 10 heteroatoms. The Kier molecular flexibility index (Phi) is 6.74. The number of allylic oxidation sites excluding steroid dienone is 1. The molecule has 158 valence electrons. The third-order valence-electron chi connectivity index (χ3n) is 4.66. The number of alkyl halides is 3. The summed E-state index contributed by atoms with van der Waals surface area (Å²) in [5.41, 5.74) is 13.9. The van der Waals surface area contributed by atoms with Gasteiger partial charge < -0.3 is 16.4 Å². The molecule has 0 amide bonds. The summed E-state index contributed by atoms with van der Waals surface area (Å²) >= 11 is 1.35. The third kappa shape index (κ3) is 5.37. The molecule has 1 fully saturated rings. The van der Waals surface area contributed by atoms with E-state index in [1.54, 1.807) is 24.3 Å². The van der Waals surface area contributed by atoms with Gasteiger partial charge in [-0.05, 0) is 25.0 Å². The zero-order valence-corrected chi connectivity index (χ0v) is 16.9. The molecular weight excluding hydrogens is 413 g/mol.